The molecule has 142 valence electrons. The predicted molar refractivity (Wildman–Crippen MR) is 99.5 cm³/mol. The number of carbonyl (C=O) groups is 2. The van der Waals surface area contributed by atoms with Gasteiger partial charge in [0.05, 0.1) is 16.4 Å². The van der Waals surface area contributed by atoms with Crippen LogP contribution in [-0.4, -0.2) is 41.9 Å². The van der Waals surface area contributed by atoms with Gasteiger partial charge in [0.25, 0.3) is 0 Å². The fraction of sp³-hybridized carbons (Fsp3) is 0.647. The summed E-state index contributed by atoms with van der Waals surface area (Å²) in [6.07, 6.45) is 1.18. The predicted octanol–water partition coefficient (Wildman–Crippen LogP) is 2.49. The molecule has 2 N–H and O–H groups in total. The van der Waals surface area contributed by atoms with E-state index in [1.54, 1.807) is 20.8 Å². The topological polar surface area (TPSA) is 101 Å². The summed E-state index contributed by atoms with van der Waals surface area (Å²) in [6, 6.07) is 2.68. The quantitative estimate of drug-likeness (QED) is 0.676. The van der Waals surface area contributed by atoms with E-state index in [0.717, 1.165) is 4.88 Å². The minimum Gasteiger partial charge on any atom is -0.480 e. The van der Waals surface area contributed by atoms with Gasteiger partial charge in [0.15, 0.2) is 9.84 Å². The van der Waals surface area contributed by atoms with Gasteiger partial charge in [0, 0.05) is 4.88 Å². The standard InChI is InChI=1S/C17H27NO5S2/c1-5-7-14(16(20)21)18-15(19)12(10-13-8-6-9-24-13)11-25(22,23)17(2,3)4/h6,8-9,12,14H,5,7,10-11H2,1-4H3,(H,18,19)(H,20,21)/t12?,14-/m0/s1. The molecule has 8 heteroatoms. The number of aliphatic carboxylic acids is 1. The Morgan fingerprint density at radius 1 is 1.32 bits per heavy atom. The Balaban J connectivity index is 3.01. The summed E-state index contributed by atoms with van der Waals surface area (Å²) < 4.78 is 24.1. The lowest BCUT2D eigenvalue weighted by molar-refractivity contribution is -0.142. The number of sulfone groups is 1. The van der Waals surface area contributed by atoms with Crippen LogP contribution in [0.25, 0.3) is 0 Å². The molecule has 0 aliphatic carbocycles. The summed E-state index contributed by atoms with van der Waals surface area (Å²) in [5.74, 6) is -2.76. The van der Waals surface area contributed by atoms with Crippen molar-refractivity contribution in [2.24, 2.45) is 5.92 Å². The molecular weight excluding hydrogens is 362 g/mol. The maximum absolute atomic E-state index is 12.6. The summed E-state index contributed by atoms with van der Waals surface area (Å²) >= 11 is 1.45. The fourth-order valence-corrected chi connectivity index (χ4v) is 4.33. The van der Waals surface area contributed by atoms with E-state index in [4.69, 9.17) is 0 Å². The van der Waals surface area contributed by atoms with Gasteiger partial charge >= 0.3 is 5.97 Å². The van der Waals surface area contributed by atoms with Gasteiger partial charge in [0.2, 0.25) is 5.91 Å². The first kappa shape index (κ1) is 21.6. The fourth-order valence-electron chi connectivity index (χ4n) is 2.25. The number of carboxylic acids is 1. The van der Waals surface area contributed by atoms with E-state index in [-0.39, 0.29) is 12.2 Å². The number of thiophene rings is 1. The Labute approximate surface area is 153 Å². The van der Waals surface area contributed by atoms with Crippen molar-refractivity contribution < 1.29 is 23.1 Å². The second-order valence-electron chi connectivity index (χ2n) is 7.06. The molecule has 0 saturated carbocycles. The SMILES string of the molecule is CCC[C@H](NC(=O)C(Cc1cccs1)CS(=O)(=O)C(C)(C)C)C(=O)O. The Kier molecular flexibility index (Phi) is 7.62. The molecule has 1 aromatic rings. The molecule has 0 aliphatic heterocycles. The molecule has 6 nitrogen and oxygen atoms in total. The van der Waals surface area contributed by atoms with E-state index in [1.165, 1.54) is 11.3 Å². The first-order valence-electron chi connectivity index (χ1n) is 8.25. The second-order valence-corrected chi connectivity index (χ2v) is 10.9. The Hall–Kier alpha value is -1.41. The average Bonchev–Trinajstić information content (AvgIpc) is 2.97. The van der Waals surface area contributed by atoms with Gasteiger partial charge < -0.3 is 10.4 Å². The third-order valence-electron chi connectivity index (χ3n) is 3.94. The highest BCUT2D eigenvalue weighted by Crippen LogP contribution is 2.23. The van der Waals surface area contributed by atoms with E-state index < -0.39 is 38.4 Å². The highest BCUT2D eigenvalue weighted by Gasteiger charge is 2.35. The van der Waals surface area contributed by atoms with Crippen molar-refractivity contribution in [1.82, 2.24) is 5.32 Å². The van der Waals surface area contributed by atoms with Crippen LogP contribution in [0.2, 0.25) is 0 Å². The Morgan fingerprint density at radius 2 is 1.96 bits per heavy atom. The van der Waals surface area contributed by atoms with E-state index in [0.29, 0.717) is 12.8 Å². The molecule has 0 fully saturated rings. The monoisotopic (exact) mass is 389 g/mol. The first-order valence-corrected chi connectivity index (χ1v) is 10.8. The van der Waals surface area contributed by atoms with Crippen LogP contribution >= 0.6 is 11.3 Å². The normalized spacial score (nSPS) is 14.7. The summed E-state index contributed by atoms with van der Waals surface area (Å²) in [5.41, 5.74) is 0. The van der Waals surface area contributed by atoms with Crippen molar-refractivity contribution in [3.63, 3.8) is 0 Å². The molecule has 0 aliphatic rings. The van der Waals surface area contributed by atoms with E-state index in [1.807, 2.05) is 24.4 Å². The smallest absolute Gasteiger partial charge is 0.326 e. The molecule has 0 aromatic carbocycles. The van der Waals surface area contributed by atoms with Gasteiger partial charge in [-0.15, -0.1) is 11.3 Å². The molecule has 1 rings (SSSR count). The molecule has 0 saturated heterocycles. The number of carboxylic acid groups (broad SMARTS) is 1. The zero-order valence-electron chi connectivity index (χ0n) is 15.1. The Morgan fingerprint density at radius 3 is 2.40 bits per heavy atom. The molecule has 0 radical (unpaired) electrons. The molecule has 25 heavy (non-hydrogen) atoms. The summed E-state index contributed by atoms with van der Waals surface area (Å²) in [4.78, 5) is 24.8. The van der Waals surface area contributed by atoms with Crippen LogP contribution in [0.15, 0.2) is 17.5 Å². The van der Waals surface area contributed by atoms with Gasteiger partial charge in [-0.25, -0.2) is 13.2 Å². The number of hydrogen-bond donors (Lipinski definition) is 2. The van der Waals surface area contributed by atoms with Crippen molar-refractivity contribution in [2.75, 3.05) is 5.75 Å². The lowest BCUT2D eigenvalue weighted by Crippen LogP contribution is -2.46. The molecular formula is C17H27NO5S2. The van der Waals surface area contributed by atoms with Gasteiger partial charge in [-0.2, -0.15) is 0 Å². The summed E-state index contributed by atoms with van der Waals surface area (Å²) in [5, 5.41) is 13.6. The lowest BCUT2D eigenvalue weighted by Gasteiger charge is -2.24. The van der Waals surface area contributed by atoms with E-state index >= 15 is 0 Å². The first-order chi connectivity index (χ1) is 11.5. The number of carbonyl (C=O) groups excluding carboxylic acids is 1. The number of nitrogens with one attached hydrogen (secondary N) is 1. The zero-order chi connectivity index (χ0) is 19.3. The Bertz CT molecular complexity index is 674. The van der Waals surface area contributed by atoms with Crippen molar-refractivity contribution in [3.8, 4) is 0 Å². The molecule has 1 aromatic heterocycles. The molecule has 1 unspecified atom stereocenters. The van der Waals surface area contributed by atoms with Crippen LogP contribution in [0.1, 0.15) is 45.4 Å². The van der Waals surface area contributed by atoms with Crippen LogP contribution in [0.5, 0.6) is 0 Å². The van der Waals surface area contributed by atoms with E-state index in [9.17, 15) is 23.1 Å². The third-order valence-corrected chi connectivity index (χ3v) is 7.55. The second kappa shape index (κ2) is 8.80. The van der Waals surface area contributed by atoms with Gasteiger partial charge in [-0.3, -0.25) is 4.79 Å². The van der Waals surface area contributed by atoms with Crippen LogP contribution in [0.3, 0.4) is 0 Å². The molecule has 1 heterocycles. The highest BCUT2D eigenvalue weighted by molar-refractivity contribution is 7.92. The largest absolute Gasteiger partial charge is 0.480 e. The number of amides is 1. The number of rotatable bonds is 9. The van der Waals surface area contributed by atoms with Crippen molar-refractivity contribution >= 4 is 33.1 Å². The molecule has 0 bridgehead atoms. The highest BCUT2D eigenvalue weighted by atomic mass is 32.2. The van der Waals surface area contributed by atoms with Crippen LogP contribution in [0.4, 0.5) is 0 Å². The van der Waals surface area contributed by atoms with Gasteiger partial charge in [-0.1, -0.05) is 19.4 Å². The zero-order valence-corrected chi connectivity index (χ0v) is 16.7. The third kappa shape index (κ3) is 6.43. The maximum atomic E-state index is 12.6. The van der Waals surface area contributed by atoms with Crippen LogP contribution < -0.4 is 5.32 Å². The number of hydrogen-bond acceptors (Lipinski definition) is 5. The minimum atomic E-state index is -3.52. The molecule has 1 amide bonds. The molecule has 2 atom stereocenters. The van der Waals surface area contributed by atoms with Crippen LogP contribution in [-0.2, 0) is 25.8 Å². The van der Waals surface area contributed by atoms with Crippen molar-refractivity contribution in [2.45, 2.75) is 57.7 Å². The van der Waals surface area contributed by atoms with Crippen LogP contribution in [0, 0.1) is 5.92 Å². The summed E-state index contributed by atoms with van der Waals surface area (Å²) in [6.45, 7) is 6.62. The van der Waals surface area contributed by atoms with Gasteiger partial charge in [0.1, 0.15) is 6.04 Å². The van der Waals surface area contributed by atoms with E-state index in [2.05, 4.69) is 5.32 Å². The molecule has 0 spiro atoms. The van der Waals surface area contributed by atoms with Crippen molar-refractivity contribution in [3.05, 3.63) is 22.4 Å². The lowest BCUT2D eigenvalue weighted by atomic mass is 10.0. The van der Waals surface area contributed by atoms with Gasteiger partial charge in [-0.05, 0) is 45.1 Å². The maximum Gasteiger partial charge on any atom is 0.326 e. The van der Waals surface area contributed by atoms with Crippen molar-refractivity contribution in [1.29, 1.82) is 0 Å². The minimum absolute atomic E-state index is 0.275. The average molecular weight is 390 g/mol. The summed E-state index contributed by atoms with van der Waals surface area (Å²) in [7, 11) is -3.52.